The molecule has 0 aliphatic carbocycles. The Labute approximate surface area is 236 Å². The van der Waals surface area contributed by atoms with Gasteiger partial charge in [0.25, 0.3) is 0 Å². The molecule has 4 heterocycles. The van der Waals surface area contributed by atoms with Crippen molar-refractivity contribution in [3.63, 3.8) is 0 Å². The molecule has 0 spiro atoms. The average molecular weight is 728 g/mol. The molecule has 0 aromatic carbocycles. The smallest absolute Gasteiger partial charge is 0.465 e. The number of carbonyl (C=O) groups excluding carboxylic acids is 1. The number of alkyl halides is 1. The number of halogens is 1. The van der Waals surface area contributed by atoms with Gasteiger partial charge in [-0.15, -0.1) is 0 Å². The Bertz CT molecular complexity index is 907. The van der Waals surface area contributed by atoms with Gasteiger partial charge in [0.15, 0.2) is 0 Å². The summed E-state index contributed by atoms with van der Waals surface area (Å²) in [4.78, 5) is 12.2. The van der Waals surface area contributed by atoms with Gasteiger partial charge in [-0.3, -0.25) is 4.79 Å². The molecule has 0 N–H and O–H groups in total. The zero-order chi connectivity index (χ0) is 27.5. The minimum atomic E-state index is -3.62. The van der Waals surface area contributed by atoms with Gasteiger partial charge in [0.05, 0.1) is 12.8 Å². The van der Waals surface area contributed by atoms with E-state index in [4.69, 9.17) is 50.3 Å². The molecule has 6 unspecified atom stereocenters. The van der Waals surface area contributed by atoms with Crippen molar-refractivity contribution in [2.24, 2.45) is 0 Å². The van der Waals surface area contributed by atoms with Crippen LogP contribution in [0.5, 0.6) is 0 Å². The van der Waals surface area contributed by atoms with Gasteiger partial charge in [-0.25, -0.2) is 0 Å². The largest absolute Gasteiger partial charge is 0.482 e. The van der Waals surface area contributed by atoms with Crippen molar-refractivity contribution in [2.45, 2.75) is 76.5 Å². The second kappa shape index (κ2) is 10.5. The quantitative estimate of drug-likeness (QED) is 0.178. The van der Waals surface area contributed by atoms with Crippen LogP contribution in [0.25, 0.3) is 0 Å². The standard InChI is InChI=1S/C15H35BrO13Si8/c1-15(2,16)14(17)18-11-10-12-37-22-31(4)21-34(7)24-33(6)20-30(3)13-19-32(5,28-37)23-35(8,25-33)27-36(9,26-34)29-37/h10-13H2,1-9H3. The number of carbonyl (C=O) groups is 1. The van der Waals surface area contributed by atoms with Crippen LogP contribution in [0.15, 0.2) is 0 Å². The SMILES string of the molecule is C[Si]1CO[Si]2(C)O[Si]3(C)O[Si](C)(O1)O[Si]1(C)O[Si](C)O[Si](CCCOC(=O)C(C)(C)Br)(O2)O[Si](C)(O1)O3. The molecular weight excluding hydrogens is 693 g/mol. The van der Waals surface area contributed by atoms with Gasteiger partial charge in [0, 0.05) is 38.8 Å². The first-order chi connectivity index (χ1) is 16.8. The Morgan fingerprint density at radius 2 is 1.32 bits per heavy atom. The molecule has 4 fully saturated rings. The summed E-state index contributed by atoms with van der Waals surface area (Å²) in [5.74, 6) is -0.367. The lowest BCUT2D eigenvalue weighted by Gasteiger charge is -2.53. The first-order valence-electron chi connectivity index (χ1n) is 11.9. The second-order valence-corrected chi connectivity index (χ2v) is 33.8. The third kappa shape index (κ3) is 7.56. The summed E-state index contributed by atoms with van der Waals surface area (Å²) in [6, 6.07) is 0.310. The average Bonchev–Trinajstić information content (AvgIpc) is 2.67. The van der Waals surface area contributed by atoms with Crippen molar-refractivity contribution in [3.05, 3.63) is 0 Å². The van der Waals surface area contributed by atoms with Crippen molar-refractivity contribution < 1.29 is 55.1 Å². The number of fused-ring (bicyclic) bond motifs is 4. The van der Waals surface area contributed by atoms with Crippen LogP contribution >= 0.6 is 15.9 Å². The Morgan fingerprint density at radius 1 is 0.811 bits per heavy atom. The number of esters is 1. The zero-order valence-corrected chi connectivity index (χ0v) is 32.1. The number of rotatable bonds is 5. The van der Waals surface area contributed by atoms with E-state index in [2.05, 4.69) is 15.9 Å². The zero-order valence-electron chi connectivity index (χ0n) is 22.5. The van der Waals surface area contributed by atoms with Gasteiger partial charge >= 0.3 is 68.1 Å². The van der Waals surface area contributed by atoms with Crippen LogP contribution in [-0.2, 0) is 55.1 Å². The third-order valence-corrected chi connectivity index (χ3v) is 36.4. The van der Waals surface area contributed by atoms with Crippen LogP contribution in [-0.4, -0.2) is 94.3 Å². The van der Waals surface area contributed by atoms with Crippen molar-refractivity contribution in [1.82, 2.24) is 0 Å². The fraction of sp³-hybridized carbons (Fsp3) is 0.933. The van der Waals surface area contributed by atoms with Gasteiger partial charge in [-0.05, 0) is 33.4 Å². The summed E-state index contributed by atoms with van der Waals surface area (Å²) >= 11 is 3.32. The number of hydrogen-bond donors (Lipinski definition) is 0. The van der Waals surface area contributed by atoms with Crippen molar-refractivity contribution >= 4 is 93.0 Å². The van der Waals surface area contributed by atoms with Gasteiger partial charge in [-0.2, -0.15) is 0 Å². The lowest BCUT2D eigenvalue weighted by atomic mass is 10.2. The van der Waals surface area contributed by atoms with E-state index >= 15 is 0 Å². The summed E-state index contributed by atoms with van der Waals surface area (Å²) in [7, 11) is -24.5. The maximum atomic E-state index is 12.2. The minimum Gasteiger partial charge on any atom is -0.465 e. The molecule has 0 saturated carbocycles. The molecule has 4 rings (SSSR count). The number of hydrogen-bond acceptors (Lipinski definition) is 13. The van der Waals surface area contributed by atoms with Crippen LogP contribution in [0.1, 0.15) is 20.3 Å². The Morgan fingerprint density at radius 3 is 1.97 bits per heavy atom. The van der Waals surface area contributed by atoms with E-state index in [0.29, 0.717) is 12.5 Å². The molecule has 6 bridgehead atoms. The molecule has 0 aromatic rings. The molecule has 212 valence electrons. The van der Waals surface area contributed by atoms with Crippen LogP contribution in [0.2, 0.25) is 51.9 Å². The van der Waals surface area contributed by atoms with Gasteiger partial charge in [0.2, 0.25) is 9.04 Å². The Hall–Kier alpha value is 1.25. The highest BCUT2D eigenvalue weighted by molar-refractivity contribution is 9.10. The summed E-state index contributed by atoms with van der Waals surface area (Å²) in [5.41, 5.74) is 0. The van der Waals surface area contributed by atoms with Crippen LogP contribution in [0.3, 0.4) is 0 Å². The van der Waals surface area contributed by atoms with E-state index in [1.807, 2.05) is 19.6 Å². The van der Waals surface area contributed by atoms with Gasteiger partial charge < -0.3 is 50.3 Å². The van der Waals surface area contributed by atoms with Gasteiger partial charge in [-0.1, -0.05) is 15.9 Å². The summed E-state index contributed by atoms with van der Waals surface area (Å²) < 4.78 is 76.6. The van der Waals surface area contributed by atoms with Gasteiger partial charge in [0.1, 0.15) is 4.32 Å². The molecule has 6 atom stereocenters. The molecule has 37 heavy (non-hydrogen) atoms. The predicted octanol–water partition coefficient (Wildman–Crippen LogP) is 2.39. The van der Waals surface area contributed by atoms with Crippen molar-refractivity contribution in [1.29, 1.82) is 0 Å². The summed E-state index contributed by atoms with van der Waals surface area (Å²) in [6.45, 7) is 16.3. The molecule has 13 nitrogen and oxygen atoms in total. The van der Waals surface area contributed by atoms with E-state index in [1.165, 1.54) is 0 Å². The van der Waals surface area contributed by atoms with E-state index in [9.17, 15) is 4.79 Å². The van der Waals surface area contributed by atoms with E-state index in [1.54, 1.807) is 40.0 Å². The fourth-order valence-electron chi connectivity index (χ4n) is 4.50. The minimum absolute atomic E-state index is 0.149. The molecular formula is C15H35BrO13Si8. The Kier molecular flexibility index (Phi) is 8.86. The van der Waals surface area contributed by atoms with Crippen molar-refractivity contribution in [2.75, 3.05) is 12.8 Å². The van der Waals surface area contributed by atoms with Crippen LogP contribution in [0, 0.1) is 0 Å². The van der Waals surface area contributed by atoms with E-state index in [-0.39, 0.29) is 18.8 Å². The maximum absolute atomic E-state index is 12.2. The predicted molar refractivity (Wildman–Crippen MR) is 147 cm³/mol. The summed E-state index contributed by atoms with van der Waals surface area (Å²) in [5, 5.41) is 0. The Balaban J connectivity index is 1.72. The molecule has 2 radical (unpaired) electrons. The fourth-order valence-corrected chi connectivity index (χ4v) is 42.6. The summed E-state index contributed by atoms with van der Waals surface area (Å²) in [6.07, 6.45) is 0.701. The maximum Gasteiger partial charge on any atom is 0.482 e. The lowest BCUT2D eigenvalue weighted by Crippen LogP contribution is -2.78. The van der Waals surface area contributed by atoms with E-state index < -0.39 is 75.5 Å². The highest BCUT2D eigenvalue weighted by atomic mass is 79.9. The van der Waals surface area contributed by atoms with E-state index in [0.717, 1.165) is 0 Å². The van der Waals surface area contributed by atoms with Crippen LogP contribution < -0.4 is 0 Å². The normalized spacial score (nSPS) is 45.7. The highest BCUT2D eigenvalue weighted by Crippen LogP contribution is 2.42. The highest BCUT2D eigenvalue weighted by Gasteiger charge is 2.72. The first kappa shape index (κ1) is 31.2. The first-order valence-corrected chi connectivity index (χ1v) is 29.7. The van der Waals surface area contributed by atoms with Crippen molar-refractivity contribution in [3.8, 4) is 0 Å². The lowest BCUT2D eigenvalue weighted by molar-refractivity contribution is -0.145. The second-order valence-electron chi connectivity index (χ2n) is 10.2. The van der Waals surface area contributed by atoms with Crippen LogP contribution in [0.4, 0.5) is 0 Å². The molecule has 0 amide bonds. The number of ether oxygens (including phenoxy) is 1. The molecule has 4 saturated heterocycles. The molecule has 4 aliphatic heterocycles. The molecule has 4 aliphatic rings. The third-order valence-electron chi connectivity index (χ3n) is 5.41. The molecule has 0 aromatic heterocycles. The monoisotopic (exact) mass is 726 g/mol. The topological polar surface area (TPSA) is 128 Å². The molecule has 22 heteroatoms.